The van der Waals surface area contributed by atoms with Crippen LogP contribution in [0.2, 0.25) is 5.15 Å². The molecular weight excluding hydrogens is 176 g/mol. The van der Waals surface area contributed by atoms with Crippen molar-refractivity contribution in [2.45, 2.75) is 6.92 Å². The number of rotatable bonds is 1. The zero-order valence-electron chi connectivity index (χ0n) is 7.30. The Labute approximate surface area is 76.4 Å². The Bertz CT molecular complexity index is 274. The molecule has 2 N–H and O–H groups in total. The molecule has 0 unspecified atom stereocenters. The van der Waals surface area contributed by atoms with Gasteiger partial charge >= 0.3 is 0 Å². The normalized spacial score (nSPS) is 10.0. The molecule has 1 heterocycles. The van der Waals surface area contributed by atoms with Crippen LogP contribution in [0.3, 0.4) is 0 Å². The highest BCUT2D eigenvalue weighted by Crippen LogP contribution is 2.25. The van der Waals surface area contributed by atoms with Crippen molar-refractivity contribution in [2.24, 2.45) is 0 Å². The van der Waals surface area contributed by atoms with E-state index < -0.39 is 0 Å². The molecule has 1 aromatic rings. The van der Waals surface area contributed by atoms with Gasteiger partial charge in [-0.1, -0.05) is 11.6 Å². The van der Waals surface area contributed by atoms with Crippen LogP contribution in [0.1, 0.15) is 5.69 Å². The first kappa shape index (κ1) is 9.06. The van der Waals surface area contributed by atoms with Crippen LogP contribution in [0.4, 0.5) is 11.6 Å². The summed E-state index contributed by atoms with van der Waals surface area (Å²) < 4.78 is 0. The number of aryl methyl sites for hydroxylation is 1. The molecule has 0 aromatic carbocycles. The first-order valence-electron chi connectivity index (χ1n) is 3.49. The molecule has 0 spiro atoms. The van der Waals surface area contributed by atoms with Gasteiger partial charge in [0.25, 0.3) is 0 Å². The summed E-state index contributed by atoms with van der Waals surface area (Å²) in [4.78, 5) is 9.70. The summed E-state index contributed by atoms with van der Waals surface area (Å²) in [7, 11) is 3.77. The maximum atomic E-state index is 5.86. The van der Waals surface area contributed by atoms with Crippen molar-refractivity contribution >= 4 is 23.2 Å². The van der Waals surface area contributed by atoms with Crippen molar-refractivity contribution in [2.75, 3.05) is 24.7 Å². The minimum Gasteiger partial charge on any atom is -0.374 e. The average Bonchev–Trinajstić information content (AvgIpc) is 1.82. The van der Waals surface area contributed by atoms with Crippen molar-refractivity contribution < 1.29 is 0 Å². The highest BCUT2D eigenvalue weighted by Gasteiger charge is 2.09. The van der Waals surface area contributed by atoms with Crippen LogP contribution in [0.25, 0.3) is 0 Å². The van der Waals surface area contributed by atoms with Crippen molar-refractivity contribution in [3.8, 4) is 0 Å². The van der Waals surface area contributed by atoms with E-state index in [1.54, 1.807) is 0 Å². The fourth-order valence-corrected chi connectivity index (χ4v) is 1.45. The summed E-state index contributed by atoms with van der Waals surface area (Å²) >= 11 is 5.86. The minimum absolute atomic E-state index is 0.211. The molecule has 5 heteroatoms. The Hall–Kier alpha value is -1.03. The zero-order chi connectivity index (χ0) is 9.30. The number of hydrogen-bond donors (Lipinski definition) is 1. The highest BCUT2D eigenvalue weighted by molar-refractivity contribution is 6.32. The van der Waals surface area contributed by atoms with E-state index in [1.807, 2.05) is 25.9 Å². The summed E-state index contributed by atoms with van der Waals surface area (Å²) in [5, 5.41) is 0.394. The van der Waals surface area contributed by atoms with Crippen LogP contribution in [0.5, 0.6) is 0 Å². The van der Waals surface area contributed by atoms with Gasteiger partial charge in [-0.15, -0.1) is 0 Å². The predicted molar refractivity (Wildman–Crippen MR) is 50.5 cm³/mol. The number of nitrogens with two attached hydrogens (primary N) is 1. The first-order valence-corrected chi connectivity index (χ1v) is 3.87. The fraction of sp³-hybridized carbons (Fsp3) is 0.429. The predicted octanol–water partition coefficient (Wildman–Crippen LogP) is 1.09. The number of aromatic nitrogens is 2. The molecule has 0 atom stereocenters. The lowest BCUT2D eigenvalue weighted by atomic mass is 10.3. The van der Waals surface area contributed by atoms with Crippen LogP contribution in [-0.2, 0) is 0 Å². The van der Waals surface area contributed by atoms with E-state index in [-0.39, 0.29) is 5.95 Å². The molecule has 0 aliphatic heterocycles. The lowest BCUT2D eigenvalue weighted by Gasteiger charge is -2.15. The molecule has 12 heavy (non-hydrogen) atoms. The van der Waals surface area contributed by atoms with Gasteiger partial charge in [0, 0.05) is 14.1 Å². The molecule has 1 rings (SSSR count). The largest absolute Gasteiger partial charge is 0.374 e. The highest BCUT2D eigenvalue weighted by atomic mass is 35.5. The van der Waals surface area contributed by atoms with Crippen LogP contribution in [0, 0.1) is 6.92 Å². The Morgan fingerprint density at radius 1 is 1.33 bits per heavy atom. The summed E-state index contributed by atoms with van der Waals surface area (Å²) in [5.74, 6) is 0.211. The minimum atomic E-state index is 0.211. The summed E-state index contributed by atoms with van der Waals surface area (Å²) in [6, 6.07) is 0. The lowest BCUT2D eigenvalue weighted by molar-refractivity contribution is 1.04. The third-order valence-electron chi connectivity index (χ3n) is 1.48. The molecule has 0 radical (unpaired) electrons. The fourth-order valence-electron chi connectivity index (χ4n) is 1.06. The second-order valence-corrected chi connectivity index (χ2v) is 3.06. The maximum Gasteiger partial charge on any atom is 0.221 e. The van der Waals surface area contributed by atoms with Crippen LogP contribution >= 0.6 is 11.6 Å². The van der Waals surface area contributed by atoms with Crippen molar-refractivity contribution in [3.05, 3.63) is 10.8 Å². The van der Waals surface area contributed by atoms with E-state index in [0.29, 0.717) is 5.15 Å². The monoisotopic (exact) mass is 186 g/mol. The Morgan fingerprint density at radius 2 is 1.92 bits per heavy atom. The quantitative estimate of drug-likeness (QED) is 0.668. The molecule has 66 valence electrons. The van der Waals surface area contributed by atoms with E-state index in [0.717, 1.165) is 11.4 Å². The number of nitrogens with zero attached hydrogens (tertiary/aromatic N) is 3. The van der Waals surface area contributed by atoms with Gasteiger partial charge in [-0.25, -0.2) is 4.98 Å². The van der Waals surface area contributed by atoms with Gasteiger partial charge in [0.05, 0.1) is 11.4 Å². The van der Waals surface area contributed by atoms with Crippen molar-refractivity contribution in [1.82, 2.24) is 9.97 Å². The van der Waals surface area contributed by atoms with Gasteiger partial charge in [-0.05, 0) is 6.92 Å². The molecular formula is C7H11ClN4. The Kier molecular flexibility index (Phi) is 2.38. The van der Waals surface area contributed by atoms with Gasteiger partial charge in [-0.3, -0.25) is 0 Å². The summed E-state index contributed by atoms with van der Waals surface area (Å²) in [6.45, 7) is 1.85. The number of hydrogen-bond acceptors (Lipinski definition) is 4. The lowest BCUT2D eigenvalue weighted by Crippen LogP contribution is -2.13. The molecule has 0 fully saturated rings. The molecule has 0 bridgehead atoms. The van der Waals surface area contributed by atoms with E-state index in [9.17, 15) is 0 Å². The van der Waals surface area contributed by atoms with E-state index in [2.05, 4.69) is 9.97 Å². The molecule has 0 saturated heterocycles. The Morgan fingerprint density at radius 3 is 2.33 bits per heavy atom. The number of nitrogen functional groups attached to an aromatic ring is 1. The van der Waals surface area contributed by atoms with E-state index in [4.69, 9.17) is 17.3 Å². The van der Waals surface area contributed by atoms with Crippen LogP contribution < -0.4 is 10.6 Å². The smallest absolute Gasteiger partial charge is 0.221 e. The Balaban J connectivity index is 3.28. The second kappa shape index (κ2) is 3.15. The molecule has 0 amide bonds. The van der Waals surface area contributed by atoms with Gasteiger partial charge in [0.2, 0.25) is 5.95 Å². The topological polar surface area (TPSA) is 55.0 Å². The number of anilines is 2. The van der Waals surface area contributed by atoms with Gasteiger partial charge in [0.15, 0.2) is 5.15 Å². The summed E-state index contributed by atoms with van der Waals surface area (Å²) in [6.07, 6.45) is 0. The van der Waals surface area contributed by atoms with Crippen LogP contribution in [0.15, 0.2) is 0 Å². The van der Waals surface area contributed by atoms with Gasteiger partial charge in [0.1, 0.15) is 0 Å². The standard InChI is InChI=1S/C7H11ClN4/c1-4-5(12(2)3)6(8)11-7(9)10-4/h1-3H3,(H2,9,10,11). The van der Waals surface area contributed by atoms with E-state index >= 15 is 0 Å². The average molecular weight is 187 g/mol. The zero-order valence-corrected chi connectivity index (χ0v) is 8.05. The third kappa shape index (κ3) is 1.58. The molecule has 0 aliphatic rings. The van der Waals surface area contributed by atoms with Crippen LogP contribution in [-0.4, -0.2) is 24.1 Å². The first-order chi connectivity index (χ1) is 5.52. The SMILES string of the molecule is Cc1nc(N)nc(Cl)c1N(C)C. The summed E-state index contributed by atoms with van der Waals surface area (Å²) in [5.41, 5.74) is 7.00. The maximum absolute atomic E-state index is 5.86. The molecule has 0 aliphatic carbocycles. The number of halogens is 1. The third-order valence-corrected chi connectivity index (χ3v) is 1.74. The van der Waals surface area contributed by atoms with Crippen molar-refractivity contribution in [1.29, 1.82) is 0 Å². The second-order valence-electron chi connectivity index (χ2n) is 2.70. The van der Waals surface area contributed by atoms with Gasteiger partial charge in [-0.2, -0.15) is 4.98 Å². The van der Waals surface area contributed by atoms with Gasteiger partial charge < -0.3 is 10.6 Å². The van der Waals surface area contributed by atoms with E-state index in [1.165, 1.54) is 0 Å². The molecule has 1 aromatic heterocycles. The molecule has 0 saturated carbocycles. The van der Waals surface area contributed by atoms with Crippen molar-refractivity contribution in [3.63, 3.8) is 0 Å². The molecule has 4 nitrogen and oxygen atoms in total.